The van der Waals surface area contributed by atoms with Gasteiger partial charge in [-0.25, -0.2) is 0 Å². The molecule has 4 heterocycles. The van der Waals surface area contributed by atoms with Crippen LogP contribution in [-0.2, 0) is 34.1 Å². The molecule has 3 aromatic rings. The first kappa shape index (κ1) is 16.8. The lowest BCUT2D eigenvalue weighted by atomic mass is 10.0. The summed E-state index contributed by atoms with van der Waals surface area (Å²) in [6.45, 7) is 1.16. The van der Waals surface area contributed by atoms with Crippen LogP contribution in [0.4, 0.5) is 0 Å². The SMILES string of the molecule is CSc1nnc(-c2nn(C)c3c2CN(C(=O)c2ccnn2C)CC3)n1C. The van der Waals surface area contributed by atoms with Crippen LogP contribution in [0.25, 0.3) is 11.5 Å². The van der Waals surface area contributed by atoms with Crippen molar-refractivity contribution in [2.45, 2.75) is 18.1 Å². The molecule has 4 rings (SSSR count). The Bertz CT molecular complexity index is 985. The van der Waals surface area contributed by atoms with E-state index in [1.807, 2.05) is 34.5 Å². The summed E-state index contributed by atoms with van der Waals surface area (Å²) in [7, 11) is 5.65. The summed E-state index contributed by atoms with van der Waals surface area (Å²) in [5, 5.41) is 18.1. The van der Waals surface area contributed by atoms with Gasteiger partial charge in [0.2, 0.25) is 0 Å². The van der Waals surface area contributed by atoms with Crippen molar-refractivity contribution < 1.29 is 4.79 Å². The zero-order valence-electron chi connectivity index (χ0n) is 15.2. The predicted molar refractivity (Wildman–Crippen MR) is 96.6 cm³/mol. The Kier molecular flexibility index (Phi) is 4.06. The van der Waals surface area contributed by atoms with Gasteiger partial charge in [-0.2, -0.15) is 10.2 Å². The van der Waals surface area contributed by atoms with Gasteiger partial charge in [0.1, 0.15) is 11.4 Å². The number of thioether (sulfide) groups is 1. The number of carbonyl (C=O) groups is 1. The largest absolute Gasteiger partial charge is 0.332 e. The van der Waals surface area contributed by atoms with Crippen molar-refractivity contribution in [2.24, 2.45) is 21.1 Å². The van der Waals surface area contributed by atoms with Crippen molar-refractivity contribution in [2.75, 3.05) is 12.8 Å². The summed E-state index contributed by atoms with van der Waals surface area (Å²) in [6, 6.07) is 1.75. The first-order valence-electron chi connectivity index (χ1n) is 8.27. The highest BCUT2D eigenvalue weighted by atomic mass is 32.2. The van der Waals surface area contributed by atoms with E-state index in [2.05, 4.69) is 20.4 Å². The Morgan fingerprint density at radius 2 is 2.00 bits per heavy atom. The molecule has 0 saturated heterocycles. The van der Waals surface area contributed by atoms with Crippen LogP contribution < -0.4 is 0 Å². The molecule has 0 radical (unpaired) electrons. The monoisotopic (exact) mass is 372 g/mol. The van der Waals surface area contributed by atoms with Crippen LogP contribution in [0.3, 0.4) is 0 Å². The highest BCUT2D eigenvalue weighted by molar-refractivity contribution is 7.98. The molecule has 1 aliphatic rings. The van der Waals surface area contributed by atoms with Crippen molar-refractivity contribution in [1.29, 1.82) is 0 Å². The molecule has 0 unspecified atom stereocenters. The molecule has 0 saturated carbocycles. The minimum Gasteiger partial charge on any atom is -0.332 e. The van der Waals surface area contributed by atoms with Gasteiger partial charge >= 0.3 is 0 Å². The molecule has 9 nitrogen and oxygen atoms in total. The van der Waals surface area contributed by atoms with E-state index in [-0.39, 0.29) is 5.91 Å². The maximum absolute atomic E-state index is 12.9. The third kappa shape index (κ3) is 2.52. The number of hydrogen-bond donors (Lipinski definition) is 0. The van der Waals surface area contributed by atoms with Crippen LogP contribution in [0.1, 0.15) is 21.7 Å². The lowest BCUT2D eigenvalue weighted by molar-refractivity contribution is 0.0722. The smallest absolute Gasteiger partial charge is 0.272 e. The number of amides is 1. The first-order chi connectivity index (χ1) is 12.5. The van der Waals surface area contributed by atoms with Gasteiger partial charge in [0.15, 0.2) is 11.0 Å². The Morgan fingerprint density at radius 3 is 2.65 bits per heavy atom. The molecular weight excluding hydrogens is 352 g/mol. The fourth-order valence-corrected chi connectivity index (χ4v) is 3.87. The average molecular weight is 372 g/mol. The normalized spacial score (nSPS) is 13.9. The Morgan fingerprint density at radius 1 is 1.19 bits per heavy atom. The van der Waals surface area contributed by atoms with Crippen molar-refractivity contribution in [3.05, 3.63) is 29.2 Å². The van der Waals surface area contributed by atoms with Gasteiger partial charge in [-0.15, -0.1) is 10.2 Å². The van der Waals surface area contributed by atoms with E-state index in [0.29, 0.717) is 18.8 Å². The highest BCUT2D eigenvalue weighted by Gasteiger charge is 2.30. The summed E-state index contributed by atoms with van der Waals surface area (Å²) in [6.07, 6.45) is 4.37. The van der Waals surface area contributed by atoms with Crippen LogP contribution in [0.15, 0.2) is 17.4 Å². The van der Waals surface area contributed by atoms with Crippen LogP contribution in [0.2, 0.25) is 0 Å². The summed E-state index contributed by atoms with van der Waals surface area (Å²) in [4.78, 5) is 14.7. The predicted octanol–water partition coefficient (Wildman–Crippen LogP) is 0.869. The van der Waals surface area contributed by atoms with E-state index >= 15 is 0 Å². The van der Waals surface area contributed by atoms with Crippen molar-refractivity contribution in [3.8, 4) is 11.5 Å². The molecule has 1 amide bonds. The standard InChI is InChI=1S/C16H20N8OS/c1-21-14(18-19-16(21)26-4)13-10-9-24(8-6-11(10)23(3)20-13)15(25)12-5-7-17-22(12)2/h5,7H,6,8-9H2,1-4H3. The van der Waals surface area contributed by atoms with Gasteiger partial charge in [0, 0.05) is 51.6 Å². The number of hydrogen-bond acceptors (Lipinski definition) is 6. The molecule has 3 aromatic heterocycles. The molecule has 136 valence electrons. The van der Waals surface area contributed by atoms with Crippen LogP contribution >= 0.6 is 11.8 Å². The number of aryl methyl sites for hydroxylation is 2. The molecule has 0 atom stereocenters. The van der Waals surface area contributed by atoms with E-state index < -0.39 is 0 Å². The van der Waals surface area contributed by atoms with Gasteiger partial charge in [-0.1, -0.05) is 11.8 Å². The maximum atomic E-state index is 12.9. The second-order valence-electron chi connectivity index (χ2n) is 6.28. The second-order valence-corrected chi connectivity index (χ2v) is 7.06. The lowest BCUT2D eigenvalue weighted by Crippen LogP contribution is -2.37. The number of fused-ring (bicyclic) bond motifs is 1. The Hall–Kier alpha value is -2.62. The zero-order chi connectivity index (χ0) is 18.4. The molecule has 0 bridgehead atoms. The third-order valence-electron chi connectivity index (χ3n) is 4.80. The Labute approximate surface area is 155 Å². The van der Waals surface area contributed by atoms with E-state index in [1.165, 1.54) is 0 Å². The highest BCUT2D eigenvalue weighted by Crippen LogP contribution is 2.30. The molecule has 0 N–H and O–H groups in total. The van der Waals surface area contributed by atoms with Gasteiger partial charge in [0.05, 0.1) is 6.54 Å². The number of carbonyl (C=O) groups excluding carboxylic acids is 1. The minimum absolute atomic E-state index is 0.0202. The topological polar surface area (TPSA) is 86.7 Å². The number of aromatic nitrogens is 7. The molecule has 0 aliphatic carbocycles. The van der Waals surface area contributed by atoms with E-state index in [9.17, 15) is 4.79 Å². The van der Waals surface area contributed by atoms with Crippen LogP contribution in [0.5, 0.6) is 0 Å². The summed E-state index contributed by atoms with van der Waals surface area (Å²) in [5.74, 6) is 0.703. The van der Waals surface area contributed by atoms with Gasteiger partial charge in [0.25, 0.3) is 5.91 Å². The molecule has 1 aliphatic heterocycles. The average Bonchev–Trinajstić information content (AvgIpc) is 3.31. The van der Waals surface area contributed by atoms with E-state index in [1.54, 1.807) is 35.8 Å². The lowest BCUT2D eigenvalue weighted by Gasteiger charge is -2.27. The van der Waals surface area contributed by atoms with Gasteiger partial charge in [-0.05, 0) is 12.3 Å². The quantitative estimate of drug-likeness (QED) is 0.634. The Balaban J connectivity index is 1.71. The zero-order valence-corrected chi connectivity index (χ0v) is 16.0. The fraction of sp³-hybridized carbons (Fsp3) is 0.438. The first-order valence-corrected chi connectivity index (χ1v) is 9.49. The number of nitrogens with zero attached hydrogens (tertiary/aromatic N) is 8. The van der Waals surface area contributed by atoms with Crippen LogP contribution in [-0.4, -0.2) is 57.9 Å². The van der Waals surface area contributed by atoms with Crippen molar-refractivity contribution >= 4 is 17.7 Å². The molecule has 26 heavy (non-hydrogen) atoms. The van der Waals surface area contributed by atoms with E-state index in [0.717, 1.165) is 34.4 Å². The van der Waals surface area contributed by atoms with Gasteiger partial charge < -0.3 is 9.47 Å². The fourth-order valence-electron chi connectivity index (χ4n) is 3.39. The summed E-state index contributed by atoms with van der Waals surface area (Å²) in [5.41, 5.74) is 3.56. The molecule has 0 fully saturated rings. The molecule has 10 heteroatoms. The van der Waals surface area contributed by atoms with Crippen molar-refractivity contribution in [3.63, 3.8) is 0 Å². The maximum Gasteiger partial charge on any atom is 0.272 e. The summed E-state index contributed by atoms with van der Waals surface area (Å²) >= 11 is 1.54. The molecule has 0 spiro atoms. The summed E-state index contributed by atoms with van der Waals surface area (Å²) < 4.78 is 5.44. The van der Waals surface area contributed by atoms with Crippen LogP contribution in [0, 0.1) is 0 Å². The molecule has 0 aromatic carbocycles. The number of rotatable bonds is 3. The van der Waals surface area contributed by atoms with E-state index in [4.69, 9.17) is 0 Å². The minimum atomic E-state index is -0.0202. The van der Waals surface area contributed by atoms with Crippen molar-refractivity contribution in [1.82, 2.24) is 39.2 Å². The molecular formula is C16H20N8OS. The third-order valence-corrected chi connectivity index (χ3v) is 5.52. The van der Waals surface area contributed by atoms with Gasteiger partial charge in [-0.3, -0.25) is 14.2 Å². The second kappa shape index (κ2) is 6.27.